The highest BCUT2D eigenvalue weighted by molar-refractivity contribution is 6.03. The number of imide groups is 1. The highest BCUT2D eigenvalue weighted by Gasteiger charge is 2.58. The van der Waals surface area contributed by atoms with Gasteiger partial charge in [0.05, 0.1) is 12.1 Å². The first-order valence-electron chi connectivity index (χ1n) is 10.6. The lowest BCUT2D eigenvalue weighted by molar-refractivity contribution is -0.139. The van der Waals surface area contributed by atoms with Crippen molar-refractivity contribution in [2.24, 2.45) is 11.3 Å². The van der Waals surface area contributed by atoms with Crippen LogP contribution in [0.4, 0.5) is 4.79 Å². The minimum absolute atomic E-state index is 0.0436. The van der Waals surface area contributed by atoms with Crippen LogP contribution in [0.2, 0.25) is 0 Å². The molecule has 1 unspecified atom stereocenters. The molecular weight excluding hydrogens is 360 g/mol. The molecule has 3 heterocycles. The number of fused-ring (bicyclic) bond motifs is 2. The lowest BCUT2D eigenvalue weighted by Crippen LogP contribution is -2.49. The Morgan fingerprint density at radius 2 is 1.93 bits per heavy atom. The van der Waals surface area contributed by atoms with Gasteiger partial charge < -0.3 is 15.1 Å². The van der Waals surface area contributed by atoms with E-state index in [-0.39, 0.29) is 48.9 Å². The predicted octanol–water partition coefficient (Wildman–Crippen LogP) is 0.709. The molecule has 3 aliphatic heterocycles. The topological polar surface area (TPSA) is 90.0 Å². The zero-order chi connectivity index (χ0) is 19.6. The Kier molecular flexibility index (Phi) is 3.97. The first-order valence-corrected chi connectivity index (χ1v) is 10.6. The second kappa shape index (κ2) is 6.19. The van der Waals surface area contributed by atoms with Crippen molar-refractivity contribution in [2.75, 3.05) is 20.1 Å². The summed E-state index contributed by atoms with van der Waals surface area (Å²) in [6.45, 7) is -0.156. The maximum absolute atomic E-state index is 13.3. The molecule has 0 aromatic heterocycles. The summed E-state index contributed by atoms with van der Waals surface area (Å²) in [5.74, 6) is -0.0315. The Morgan fingerprint density at radius 1 is 1.14 bits per heavy atom. The van der Waals surface area contributed by atoms with Crippen molar-refractivity contribution >= 4 is 23.8 Å². The zero-order valence-electron chi connectivity index (χ0n) is 16.4. The predicted molar refractivity (Wildman–Crippen MR) is 99.0 cm³/mol. The van der Waals surface area contributed by atoms with Gasteiger partial charge in [0.1, 0.15) is 13.1 Å². The van der Waals surface area contributed by atoms with Gasteiger partial charge in [-0.15, -0.1) is 0 Å². The minimum Gasteiger partial charge on any atom is -0.350 e. The third-order valence-electron chi connectivity index (χ3n) is 7.83. The maximum atomic E-state index is 13.3. The summed E-state index contributed by atoms with van der Waals surface area (Å²) >= 11 is 0. The quantitative estimate of drug-likeness (QED) is 0.718. The van der Waals surface area contributed by atoms with E-state index in [1.807, 2.05) is 0 Å². The molecule has 8 heteroatoms. The molecule has 2 bridgehead atoms. The van der Waals surface area contributed by atoms with Gasteiger partial charge in [-0.05, 0) is 50.4 Å². The van der Waals surface area contributed by atoms with Crippen LogP contribution in [-0.2, 0) is 14.4 Å². The molecule has 5 fully saturated rings. The molecule has 2 aliphatic carbocycles. The fourth-order valence-corrected chi connectivity index (χ4v) is 6.16. The molecule has 152 valence electrons. The van der Waals surface area contributed by atoms with Gasteiger partial charge in [0.2, 0.25) is 17.7 Å². The summed E-state index contributed by atoms with van der Waals surface area (Å²) in [5, 5.41) is 3.04. The van der Waals surface area contributed by atoms with E-state index >= 15 is 0 Å². The maximum Gasteiger partial charge on any atom is 0.327 e. The lowest BCUT2D eigenvalue weighted by Gasteiger charge is -2.30. The summed E-state index contributed by atoms with van der Waals surface area (Å²) in [6.07, 6.45) is 8.53. The molecule has 5 aliphatic rings. The largest absolute Gasteiger partial charge is 0.350 e. The van der Waals surface area contributed by atoms with Crippen molar-refractivity contribution in [1.29, 1.82) is 0 Å². The summed E-state index contributed by atoms with van der Waals surface area (Å²) < 4.78 is 0. The number of hydrogen-bond donors (Lipinski definition) is 1. The average molecular weight is 388 g/mol. The fourth-order valence-electron chi connectivity index (χ4n) is 6.16. The smallest absolute Gasteiger partial charge is 0.327 e. The van der Waals surface area contributed by atoms with Gasteiger partial charge in [-0.2, -0.15) is 0 Å². The van der Waals surface area contributed by atoms with Crippen LogP contribution >= 0.6 is 0 Å². The first-order chi connectivity index (χ1) is 13.4. The van der Waals surface area contributed by atoms with Crippen LogP contribution in [0, 0.1) is 11.3 Å². The van der Waals surface area contributed by atoms with E-state index in [4.69, 9.17) is 0 Å². The number of likely N-dealkylation sites (N-methyl/N-ethyl adjacent to an activating group) is 1. The van der Waals surface area contributed by atoms with Gasteiger partial charge >= 0.3 is 6.03 Å². The molecule has 0 aromatic rings. The van der Waals surface area contributed by atoms with Gasteiger partial charge in [0, 0.05) is 19.0 Å². The Labute approximate surface area is 164 Å². The molecule has 8 nitrogen and oxygen atoms in total. The van der Waals surface area contributed by atoms with Crippen LogP contribution in [0.15, 0.2) is 0 Å². The third-order valence-corrected chi connectivity index (χ3v) is 7.83. The molecule has 4 atom stereocenters. The van der Waals surface area contributed by atoms with Crippen molar-refractivity contribution in [3.05, 3.63) is 0 Å². The summed E-state index contributed by atoms with van der Waals surface area (Å²) in [4.78, 5) is 53.8. The van der Waals surface area contributed by atoms with Crippen LogP contribution in [0.25, 0.3) is 0 Å². The van der Waals surface area contributed by atoms with Crippen molar-refractivity contribution in [1.82, 2.24) is 20.0 Å². The second-order valence-electron chi connectivity index (χ2n) is 9.35. The standard InChI is InChI=1S/C20H28N4O4/c1-22-17(26)11-23(19(22)28)10-16(25)21-14-9-12-4-5-15(14)24(12)18(27)13-3-2-6-20(13)7-8-20/h12-15H,2-11H2,1H3,(H,21,25)/t12-,13?,14+,15+/m0/s1. The fraction of sp³-hybridized carbons (Fsp3) is 0.800. The molecule has 5 amide bonds. The molecular formula is C20H28N4O4. The number of rotatable bonds is 4. The Morgan fingerprint density at radius 3 is 2.61 bits per heavy atom. The highest BCUT2D eigenvalue weighted by atomic mass is 16.2. The van der Waals surface area contributed by atoms with E-state index in [1.54, 1.807) is 0 Å². The van der Waals surface area contributed by atoms with E-state index in [2.05, 4.69) is 10.2 Å². The van der Waals surface area contributed by atoms with Crippen LogP contribution in [0.1, 0.15) is 51.4 Å². The highest BCUT2D eigenvalue weighted by Crippen LogP contribution is 2.62. The molecule has 3 saturated heterocycles. The van der Waals surface area contributed by atoms with Crippen molar-refractivity contribution in [3.63, 3.8) is 0 Å². The normalized spacial score (nSPS) is 35.4. The monoisotopic (exact) mass is 388 g/mol. The van der Waals surface area contributed by atoms with Crippen LogP contribution in [0.5, 0.6) is 0 Å². The summed E-state index contributed by atoms with van der Waals surface area (Å²) in [6, 6.07) is -0.157. The van der Waals surface area contributed by atoms with E-state index in [0.29, 0.717) is 11.3 Å². The van der Waals surface area contributed by atoms with Crippen molar-refractivity contribution in [2.45, 2.75) is 69.5 Å². The van der Waals surface area contributed by atoms with Crippen molar-refractivity contribution < 1.29 is 19.2 Å². The molecule has 0 aromatic carbocycles. The molecule has 1 N–H and O–H groups in total. The molecule has 5 rings (SSSR count). The summed E-state index contributed by atoms with van der Waals surface area (Å²) in [7, 11) is 1.43. The number of amides is 5. The van der Waals surface area contributed by atoms with Crippen molar-refractivity contribution in [3.8, 4) is 0 Å². The number of carbonyl (C=O) groups is 4. The zero-order valence-corrected chi connectivity index (χ0v) is 16.4. The van der Waals surface area contributed by atoms with E-state index < -0.39 is 6.03 Å². The number of nitrogens with zero attached hydrogens (tertiary/aromatic N) is 3. The Hall–Kier alpha value is -2.12. The first kappa shape index (κ1) is 17.9. The average Bonchev–Trinajstić information content (AvgIpc) is 2.93. The van der Waals surface area contributed by atoms with Gasteiger partial charge in [0.25, 0.3) is 0 Å². The number of hydrogen-bond acceptors (Lipinski definition) is 4. The van der Waals surface area contributed by atoms with Gasteiger partial charge in [0.15, 0.2) is 0 Å². The van der Waals surface area contributed by atoms with Gasteiger partial charge in [-0.3, -0.25) is 19.3 Å². The molecule has 1 spiro atoms. The van der Waals surface area contributed by atoms with Crippen LogP contribution < -0.4 is 5.32 Å². The second-order valence-corrected chi connectivity index (χ2v) is 9.35. The minimum atomic E-state index is -0.430. The summed E-state index contributed by atoms with van der Waals surface area (Å²) in [5.41, 5.74) is 0.298. The SMILES string of the molecule is CN1C(=O)CN(CC(=O)N[C@@H]2C[C@@H]3CC[C@H]2N3C(=O)C2CCCC23CC3)C1=O. The Balaban J connectivity index is 1.21. The van der Waals surface area contributed by atoms with E-state index in [0.717, 1.165) is 37.0 Å². The molecule has 28 heavy (non-hydrogen) atoms. The van der Waals surface area contributed by atoms with Gasteiger partial charge in [-0.1, -0.05) is 6.42 Å². The number of nitrogens with one attached hydrogen (secondary N) is 1. The number of carbonyl (C=O) groups excluding carboxylic acids is 4. The van der Waals surface area contributed by atoms with Gasteiger partial charge in [-0.25, -0.2) is 4.79 Å². The van der Waals surface area contributed by atoms with Crippen LogP contribution in [-0.4, -0.2) is 76.7 Å². The van der Waals surface area contributed by atoms with E-state index in [1.165, 1.54) is 31.2 Å². The van der Waals surface area contributed by atoms with Crippen LogP contribution in [0.3, 0.4) is 0 Å². The van der Waals surface area contributed by atoms with E-state index in [9.17, 15) is 19.2 Å². The number of urea groups is 1. The Bertz CT molecular complexity index is 748. The molecule has 2 saturated carbocycles. The molecule has 0 radical (unpaired) electrons. The third kappa shape index (κ3) is 2.63. The lowest BCUT2D eigenvalue weighted by atomic mass is 9.91.